The fourth-order valence-corrected chi connectivity index (χ4v) is 3.82. The van der Waals surface area contributed by atoms with E-state index in [0.29, 0.717) is 31.1 Å². The van der Waals surface area contributed by atoms with Crippen molar-refractivity contribution >= 4 is 17.6 Å². The predicted molar refractivity (Wildman–Crippen MR) is 98.8 cm³/mol. The van der Waals surface area contributed by atoms with E-state index >= 15 is 0 Å². The van der Waals surface area contributed by atoms with Gasteiger partial charge in [0.1, 0.15) is 5.82 Å². The number of carbonyl (C=O) groups excluding carboxylic acids is 2. The van der Waals surface area contributed by atoms with Gasteiger partial charge in [0.15, 0.2) is 0 Å². The number of hydrogen-bond acceptors (Lipinski definition) is 3. The zero-order valence-electron chi connectivity index (χ0n) is 14.9. The highest BCUT2D eigenvalue weighted by molar-refractivity contribution is 5.95. The third-order valence-corrected chi connectivity index (χ3v) is 5.31. The SMILES string of the molecule is O=C(NC1CCCCC1)c1ccc(CN2C(=O)CCn3nccc32)cc1. The second-order valence-electron chi connectivity index (χ2n) is 7.15. The van der Waals surface area contributed by atoms with E-state index in [4.69, 9.17) is 0 Å². The molecule has 136 valence electrons. The molecule has 1 N–H and O–H groups in total. The van der Waals surface area contributed by atoms with Crippen molar-refractivity contribution in [2.75, 3.05) is 4.90 Å². The number of fused-ring (bicyclic) bond motifs is 1. The van der Waals surface area contributed by atoms with Gasteiger partial charge in [-0.3, -0.25) is 14.5 Å². The van der Waals surface area contributed by atoms with Crippen LogP contribution < -0.4 is 10.2 Å². The number of aromatic nitrogens is 2. The first-order valence-electron chi connectivity index (χ1n) is 9.43. The summed E-state index contributed by atoms with van der Waals surface area (Å²) in [5, 5.41) is 7.38. The minimum absolute atomic E-state index is 0.00410. The van der Waals surface area contributed by atoms with Gasteiger partial charge in [0, 0.05) is 24.1 Å². The fourth-order valence-electron chi connectivity index (χ4n) is 3.82. The molecule has 1 fully saturated rings. The molecule has 26 heavy (non-hydrogen) atoms. The van der Waals surface area contributed by atoms with Crippen LogP contribution >= 0.6 is 0 Å². The number of nitrogens with zero attached hydrogens (tertiary/aromatic N) is 3. The van der Waals surface area contributed by atoms with Gasteiger partial charge in [0.25, 0.3) is 5.91 Å². The van der Waals surface area contributed by atoms with Crippen LogP contribution in [0.5, 0.6) is 0 Å². The summed E-state index contributed by atoms with van der Waals surface area (Å²) in [5.74, 6) is 0.938. The van der Waals surface area contributed by atoms with Crippen LogP contribution in [-0.2, 0) is 17.9 Å². The Morgan fingerprint density at radius 3 is 2.65 bits per heavy atom. The Labute approximate surface area is 153 Å². The minimum Gasteiger partial charge on any atom is -0.349 e. The standard InChI is InChI=1S/C20H24N4O2/c25-19-11-13-24-18(10-12-21-24)23(19)14-15-6-8-16(9-7-15)20(26)22-17-4-2-1-3-5-17/h6-10,12,17H,1-5,11,13-14H2,(H,22,26). The summed E-state index contributed by atoms with van der Waals surface area (Å²) in [6, 6.07) is 9.72. The van der Waals surface area contributed by atoms with Crippen LogP contribution in [0, 0.1) is 0 Å². The van der Waals surface area contributed by atoms with Crippen molar-refractivity contribution in [3.05, 3.63) is 47.7 Å². The van der Waals surface area contributed by atoms with Crippen molar-refractivity contribution in [2.45, 2.75) is 57.7 Å². The first-order chi connectivity index (χ1) is 12.7. The summed E-state index contributed by atoms with van der Waals surface area (Å²) in [5.41, 5.74) is 1.68. The number of amides is 2. The summed E-state index contributed by atoms with van der Waals surface area (Å²) < 4.78 is 1.85. The first-order valence-corrected chi connectivity index (χ1v) is 9.43. The summed E-state index contributed by atoms with van der Waals surface area (Å²) in [6.45, 7) is 1.13. The van der Waals surface area contributed by atoms with Gasteiger partial charge in [0.2, 0.25) is 5.91 Å². The zero-order chi connectivity index (χ0) is 17.9. The van der Waals surface area contributed by atoms with Gasteiger partial charge in [-0.05, 0) is 30.5 Å². The minimum atomic E-state index is -0.00410. The molecule has 1 aliphatic carbocycles. The number of hydrogen-bond donors (Lipinski definition) is 1. The highest BCUT2D eigenvalue weighted by Gasteiger charge is 2.24. The Morgan fingerprint density at radius 2 is 1.88 bits per heavy atom. The summed E-state index contributed by atoms with van der Waals surface area (Å²) in [4.78, 5) is 26.4. The summed E-state index contributed by atoms with van der Waals surface area (Å²) in [7, 11) is 0. The van der Waals surface area contributed by atoms with Crippen LogP contribution in [0.2, 0.25) is 0 Å². The molecule has 2 amide bonds. The van der Waals surface area contributed by atoms with Crippen LogP contribution in [-0.4, -0.2) is 27.6 Å². The molecule has 2 aliphatic rings. The highest BCUT2D eigenvalue weighted by Crippen LogP contribution is 2.23. The summed E-state index contributed by atoms with van der Waals surface area (Å²) in [6.07, 6.45) is 8.02. The molecule has 2 heterocycles. The number of anilines is 1. The maximum absolute atomic E-state index is 12.4. The fraction of sp³-hybridized carbons (Fsp3) is 0.450. The van der Waals surface area contributed by atoms with Crippen molar-refractivity contribution in [1.29, 1.82) is 0 Å². The van der Waals surface area contributed by atoms with Crippen molar-refractivity contribution in [3.63, 3.8) is 0 Å². The quantitative estimate of drug-likeness (QED) is 0.920. The first kappa shape index (κ1) is 16.8. The lowest BCUT2D eigenvalue weighted by Crippen LogP contribution is -2.37. The molecular weight excluding hydrogens is 328 g/mol. The van der Waals surface area contributed by atoms with Gasteiger partial charge in [-0.1, -0.05) is 31.4 Å². The predicted octanol–water partition coefficient (Wildman–Crippen LogP) is 2.88. The average molecular weight is 352 g/mol. The van der Waals surface area contributed by atoms with Gasteiger partial charge in [-0.2, -0.15) is 5.10 Å². The zero-order valence-corrected chi connectivity index (χ0v) is 14.9. The van der Waals surface area contributed by atoms with Crippen molar-refractivity contribution in [3.8, 4) is 0 Å². The van der Waals surface area contributed by atoms with E-state index in [0.717, 1.165) is 24.2 Å². The van der Waals surface area contributed by atoms with Crippen LogP contribution in [0.3, 0.4) is 0 Å². The van der Waals surface area contributed by atoms with Gasteiger partial charge >= 0.3 is 0 Å². The lowest BCUT2D eigenvalue weighted by Gasteiger charge is -2.27. The molecule has 0 unspecified atom stereocenters. The van der Waals surface area contributed by atoms with Crippen LogP contribution in [0.4, 0.5) is 5.82 Å². The molecule has 1 aromatic heterocycles. The van der Waals surface area contributed by atoms with E-state index in [1.54, 1.807) is 11.1 Å². The Bertz CT molecular complexity index is 790. The van der Waals surface area contributed by atoms with Crippen molar-refractivity contribution in [1.82, 2.24) is 15.1 Å². The molecule has 1 saturated carbocycles. The largest absolute Gasteiger partial charge is 0.349 e. The van der Waals surface area contributed by atoms with Gasteiger partial charge in [-0.25, -0.2) is 4.68 Å². The van der Waals surface area contributed by atoms with Crippen LogP contribution in [0.1, 0.15) is 54.4 Å². The molecular formula is C20H24N4O2. The number of benzene rings is 1. The lowest BCUT2D eigenvalue weighted by molar-refractivity contribution is -0.119. The van der Waals surface area contributed by atoms with Gasteiger partial charge in [0.05, 0.1) is 19.3 Å². The Hall–Kier alpha value is -2.63. The van der Waals surface area contributed by atoms with Crippen LogP contribution in [0.25, 0.3) is 0 Å². The molecule has 2 aromatic rings. The van der Waals surface area contributed by atoms with Gasteiger partial charge in [-0.15, -0.1) is 0 Å². The molecule has 0 radical (unpaired) electrons. The average Bonchev–Trinajstić information content (AvgIpc) is 3.14. The van der Waals surface area contributed by atoms with E-state index < -0.39 is 0 Å². The second-order valence-corrected chi connectivity index (χ2v) is 7.15. The van der Waals surface area contributed by atoms with Gasteiger partial charge < -0.3 is 5.32 Å². The molecule has 0 bridgehead atoms. The highest BCUT2D eigenvalue weighted by atomic mass is 16.2. The van der Waals surface area contributed by atoms with E-state index in [9.17, 15) is 9.59 Å². The Balaban J connectivity index is 1.42. The third kappa shape index (κ3) is 3.49. The Morgan fingerprint density at radius 1 is 1.12 bits per heavy atom. The van der Waals surface area contributed by atoms with Crippen molar-refractivity contribution < 1.29 is 9.59 Å². The molecule has 6 nitrogen and oxygen atoms in total. The molecule has 0 atom stereocenters. The van der Waals surface area contributed by atoms with Crippen molar-refractivity contribution in [2.24, 2.45) is 0 Å². The molecule has 1 aliphatic heterocycles. The molecule has 1 aromatic carbocycles. The lowest BCUT2D eigenvalue weighted by atomic mass is 9.95. The monoisotopic (exact) mass is 352 g/mol. The molecule has 0 saturated heterocycles. The smallest absolute Gasteiger partial charge is 0.251 e. The Kier molecular flexibility index (Phi) is 4.73. The maximum atomic E-state index is 12.4. The van der Waals surface area contributed by atoms with E-state index in [1.165, 1.54) is 19.3 Å². The topological polar surface area (TPSA) is 67.2 Å². The molecule has 4 rings (SSSR count). The second kappa shape index (κ2) is 7.32. The number of aryl methyl sites for hydroxylation is 1. The van der Waals surface area contributed by atoms with E-state index in [1.807, 2.05) is 35.0 Å². The maximum Gasteiger partial charge on any atom is 0.251 e. The number of carbonyl (C=O) groups is 2. The normalized spacial score (nSPS) is 17.8. The molecule has 6 heteroatoms. The number of rotatable bonds is 4. The number of nitrogens with one attached hydrogen (secondary N) is 1. The summed E-state index contributed by atoms with van der Waals surface area (Å²) >= 11 is 0. The van der Waals surface area contributed by atoms with E-state index in [2.05, 4.69) is 10.4 Å². The van der Waals surface area contributed by atoms with Crippen LogP contribution in [0.15, 0.2) is 36.5 Å². The molecule has 0 spiro atoms. The third-order valence-electron chi connectivity index (χ3n) is 5.31. The van der Waals surface area contributed by atoms with E-state index in [-0.39, 0.29) is 11.8 Å².